The smallest absolute Gasteiger partial charge is 0.259 e. The van der Waals surface area contributed by atoms with Gasteiger partial charge in [-0.2, -0.15) is 15.0 Å². The first-order valence-corrected chi connectivity index (χ1v) is 12.6. The predicted molar refractivity (Wildman–Crippen MR) is 139 cm³/mol. The summed E-state index contributed by atoms with van der Waals surface area (Å²) in [5.74, 6) is -0.347. The average molecular weight is 508 g/mol. The number of phenolic OH excluding ortho intramolecular Hbond substituents is 2. The van der Waals surface area contributed by atoms with Crippen LogP contribution in [0.3, 0.4) is 0 Å². The van der Waals surface area contributed by atoms with Crippen LogP contribution in [0.1, 0.15) is 48.9 Å². The Morgan fingerprint density at radius 2 is 1.41 bits per heavy atom. The molecule has 0 bridgehead atoms. The molecule has 3 heterocycles. The van der Waals surface area contributed by atoms with Gasteiger partial charge >= 0.3 is 0 Å². The Balaban J connectivity index is 1.36. The molecule has 0 saturated carbocycles. The molecule has 0 spiro atoms. The van der Waals surface area contributed by atoms with Crippen molar-refractivity contribution in [3.63, 3.8) is 0 Å². The second-order valence-corrected chi connectivity index (χ2v) is 9.33. The Morgan fingerprint density at radius 3 is 1.97 bits per heavy atom. The molecule has 2 aliphatic rings. The van der Waals surface area contributed by atoms with Crippen molar-refractivity contribution in [2.24, 2.45) is 0 Å². The fourth-order valence-electron chi connectivity index (χ4n) is 4.61. The van der Waals surface area contributed by atoms with Crippen LogP contribution >= 0.6 is 0 Å². The van der Waals surface area contributed by atoms with Gasteiger partial charge < -0.3 is 30.6 Å². The molecule has 10 nitrogen and oxygen atoms in total. The number of amides is 1. The van der Waals surface area contributed by atoms with Crippen LogP contribution in [-0.2, 0) is 0 Å². The molecule has 0 aliphatic carbocycles. The van der Waals surface area contributed by atoms with E-state index in [4.69, 9.17) is 4.98 Å². The summed E-state index contributed by atoms with van der Waals surface area (Å²) in [7, 11) is 0. The van der Waals surface area contributed by atoms with Crippen LogP contribution < -0.4 is 20.4 Å². The molecule has 4 N–H and O–H groups in total. The van der Waals surface area contributed by atoms with E-state index in [0.717, 1.165) is 64.0 Å². The van der Waals surface area contributed by atoms with Crippen molar-refractivity contribution in [1.82, 2.24) is 15.0 Å². The van der Waals surface area contributed by atoms with E-state index in [0.29, 0.717) is 23.5 Å². The first-order chi connectivity index (χ1) is 18.0. The third kappa shape index (κ3) is 5.82. The fraction of sp³-hybridized carbons (Fsp3) is 0.385. The molecule has 1 amide bonds. The standard InChI is InChI=1S/C26H30FN7O3/c27-17-7-9-19(21(35)15-17)23(37)29-20-10-8-18(16-22(20)36)28-24-30-25(33-11-3-1-4-12-33)32-26(31-24)34-13-5-2-6-14-34/h7-10,15-16,35-36H,1-6,11-14H2,(H,29,37)(H,28,30,31,32). The molecule has 3 aromatic rings. The predicted octanol–water partition coefficient (Wildman–Crippen LogP) is 4.40. The van der Waals surface area contributed by atoms with Gasteiger partial charge in [-0.1, -0.05) is 0 Å². The lowest BCUT2D eigenvalue weighted by atomic mass is 10.1. The summed E-state index contributed by atoms with van der Waals surface area (Å²) < 4.78 is 13.2. The van der Waals surface area contributed by atoms with E-state index in [9.17, 15) is 19.4 Å². The number of anilines is 5. The lowest BCUT2D eigenvalue weighted by Gasteiger charge is -2.30. The van der Waals surface area contributed by atoms with E-state index in [-0.39, 0.29) is 17.0 Å². The molecule has 37 heavy (non-hydrogen) atoms. The highest BCUT2D eigenvalue weighted by molar-refractivity contribution is 6.06. The van der Waals surface area contributed by atoms with Crippen LogP contribution in [0.4, 0.5) is 33.6 Å². The van der Waals surface area contributed by atoms with Gasteiger partial charge in [0.15, 0.2) is 0 Å². The number of hydrogen-bond acceptors (Lipinski definition) is 9. The molecule has 2 fully saturated rings. The van der Waals surface area contributed by atoms with E-state index < -0.39 is 17.5 Å². The van der Waals surface area contributed by atoms with Crippen molar-refractivity contribution < 1.29 is 19.4 Å². The summed E-state index contributed by atoms with van der Waals surface area (Å²) in [6.45, 7) is 3.62. The number of aromatic hydroxyl groups is 2. The number of piperidine rings is 2. The molecule has 0 atom stereocenters. The SMILES string of the molecule is O=C(Nc1ccc(Nc2nc(N3CCCCC3)nc(N3CCCCC3)n2)cc1O)c1ccc(F)cc1O. The molecule has 2 aliphatic heterocycles. The average Bonchev–Trinajstić information content (AvgIpc) is 2.91. The number of hydrogen-bond donors (Lipinski definition) is 4. The van der Waals surface area contributed by atoms with Crippen molar-refractivity contribution in [1.29, 1.82) is 0 Å². The quantitative estimate of drug-likeness (QED) is 0.359. The molecule has 0 unspecified atom stereocenters. The number of rotatable bonds is 6. The number of nitrogens with one attached hydrogen (secondary N) is 2. The van der Waals surface area contributed by atoms with Gasteiger partial charge in [-0.05, 0) is 62.8 Å². The van der Waals surface area contributed by atoms with Crippen molar-refractivity contribution in [2.75, 3.05) is 46.6 Å². The second-order valence-electron chi connectivity index (χ2n) is 9.33. The van der Waals surface area contributed by atoms with Crippen molar-refractivity contribution in [3.8, 4) is 11.5 Å². The number of nitrogens with zero attached hydrogens (tertiary/aromatic N) is 5. The molecular formula is C26H30FN7O3. The van der Waals surface area contributed by atoms with E-state index >= 15 is 0 Å². The molecule has 1 aromatic heterocycles. The van der Waals surface area contributed by atoms with Crippen LogP contribution in [0.15, 0.2) is 36.4 Å². The Morgan fingerprint density at radius 1 is 0.784 bits per heavy atom. The molecule has 194 valence electrons. The van der Waals surface area contributed by atoms with Gasteiger partial charge in [0.2, 0.25) is 17.8 Å². The minimum atomic E-state index is -0.677. The summed E-state index contributed by atoms with van der Waals surface area (Å²) >= 11 is 0. The third-order valence-electron chi connectivity index (χ3n) is 6.60. The molecule has 11 heteroatoms. The highest BCUT2D eigenvalue weighted by Gasteiger charge is 2.21. The van der Waals surface area contributed by atoms with Crippen molar-refractivity contribution in [2.45, 2.75) is 38.5 Å². The van der Waals surface area contributed by atoms with Crippen LogP contribution in [0.25, 0.3) is 0 Å². The van der Waals surface area contributed by atoms with Gasteiger partial charge in [-0.25, -0.2) is 4.39 Å². The first kappa shape index (κ1) is 24.5. The van der Waals surface area contributed by atoms with E-state index in [2.05, 4.69) is 30.4 Å². The molecule has 2 aromatic carbocycles. The fourth-order valence-corrected chi connectivity index (χ4v) is 4.61. The minimum Gasteiger partial charge on any atom is -0.507 e. The largest absolute Gasteiger partial charge is 0.507 e. The van der Waals surface area contributed by atoms with E-state index in [1.807, 2.05) is 0 Å². The maximum Gasteiger partial charge on any atom is 0.259 e. The third-order valence-corrected chi connectivity index (χ3v) is 6.60. The maximum absolute atomic E-state index is 13.2. The van der Waals surface area contributed by atoms with Crippen LogP contribution in [0.5, 0.6) is 11.5 Å². The highest BCUT2D eigenvalue weighted by atomic mass is 19.1. The molecular weight excluding hydrogens is 477 g/mol. The van der Waals surface area contributed by atoms with Gasteiger partial charge in [-0.15, -0.1) is 0 Å². The number of carbonyl (C=O) groups is 1. The topological polar surface area (TPSA) is 127 Å². The first-order valence-electron chi connectivity index (χ1n) is 12.6. The minimum absolute atomic E-state index is 0.108. The van der Waals surface area contributed by atoms with Gasteiger partial charge in [0.05, 0.1) is 11.3 Å². The van der Waals surface area contributed by atoms with Crippen LogP contribution in [0, 0.1) is 5.82 Å². The summed E-state index contributed by atoms with van der Waals surface area (Å²) in [6, 6.07) is 7.75. The van der Waals surface area contributed by atoms with Crippen molar-refractivity contribution in [3.05, 3.63) is 47.8 Å². The summed E-state index contributed by atoms with van der Waals surface area (Å²) in [5.41, 5.74) is 0.558. The normalized spacial score (nSPS) is 15.9. The van der Waals surface area contributed by atoms with Gasteiger partial charge in [-0.3, -0.25) is 4.79 Å². The Labute approximate surface area is 214 Å². The van der Waals surface area contributed by atoms with Gasteiger partial charge in [0.25, 0.3) is 5.91 Å². The summed E-state index contributed by atoms with van der Waals surface area (Å²) in [5, 5.41) is 26.1. The Kier molecular flexibility index (Phi) is 7.20. The summed E-state index contributed by atoms with van der Waals surface area (Å²) in [6.07, 6.45) is 6.81. The number of halogens is 1. The summed E-state index contributed by atoms with van der Waals surface area (Å²) in [4.78, 5) is 31.0. The van der Waals surface area contributed by atoms with Gasteiger partial charge in [0.1, 0.15) is 17.3 Å². The molecule has 5 rings (SSSR count). The number of aromatic nitrogens is 3. The zero-order valence-electron chi connectivity index (χ0n) is 20.5. The number of phenols is 2. The number of carbonyl (C=O) groups excluding carboxylic acids is 1. The maximum atomic E-state index is 13.2. The Bertz CT molecular complexity index is 1240. The van der Waals surface area contributed by atoms with Crippen LogP contribution in [0.2, 0.25) is 0 Å². The zero-order valence-corrected chi connectivity index (χ0v) is 20.5. The second kappa shape index (κ2) is 10.9. The molecule has 0 radical (unpaired) electrons. The van der Waals surface area contributed by atoms with Crippen molar-refractivity contribution >= 4 is 35.1 Å². The highest BCUT2D eigenvalue weighted by Crippen LogP contribution is 2.30. The number of benzene rings is 2. The lowest BCUT2D eigenvalue weighted by molar-refractivity contribution is 0.102. The lowest BCUT2D eigenvalue weighted by Crippen LogP contribution is -2.34. The van der Waals surface area contributed by atoms with E-state index in [1.54, 1.807) is 6.07 Å². The van der Waals surface area contributed by atoms with Crippen LogP contribution in [-0.4, -0.2) is 57.3 Å². The van der Waals surface area contributed by atoms with Gasteiger partial charge in [0, 0.05) is 44.0 Å². The monoisotopic (exact) mass is 507 g/mol. The van der Waals surface area contributed by atoms with E-state index in [1.165, 1.54) is 31.0 Å². The molecule has 2 saturated heterocycles. The zero-order chi connectivity index (χ0) is 25.8. The Hall–Kier alpha value is -4.15.